The van der Waals surface area contributed by atoms with E-state index >= 15 is 0 Å². The van der Waals surface area contributed by atoms with E-state index in [0.717, 1.165) is 24.8 Å². The van der Waals surface area contributed by atoms with Crippen LogP contribution in [0.5, 0.6) is 5.75 Å². The van der Waals surface area contributed by atoms with Gasteiger partial charge in [-0.3, -0.25) is 14.6 Å². The molecule has 0 radical (unpaired) electrons. The second-order valence-corrected chi connectivity index (χ2v) is 7.48. The maximum atomic E-state index is 12.3. The van der Waals surface area contributed by atoms with Crippen LogP contribution < -0.4 is 14.8 Å². The fourth-order valence-electron chi connectivity index (χ4n) is 2.57. The SMILES string of the molecule is CC1CCC(C(=O)SN(C)c2ccnc(C(N)=O)c2)O1.COc1cccc(F)c1. The summed E-state index contributed by atoms with van der Waals surface area (Å²) in [5.41, 5.74) is 6.05. The molecular weight excluding hydrogens is 397 g/mol. The number of benzene rings is 1. The molecule has 1 saturated heterocycles. The van der Waals surface area contributed by atoms with Crippen molar-refractivity contribution in [2.75, 3.05) is 18.5 Å². The number of anilines is 1. The first kappa shape index (κ1) is 22.6. The van der Waals surface area contributed by atoms with Gasteiger partial charge in [0.25, 0.3) is 5.91 Å². The summed E-state index contributed by atoms with van der Waals surface area (Å²) in [4.78, 5) is 27.0. The molecular formula is C20H24FN3O4S. The third kappa shape index (κ3) is 7.03. The average molecular weight is 421 g/mol. The highest BCUT2D eigenvalue weighted by Gasteiger charge is 2.29. The van der Waals surface area contributed by atoms with E-state index in [9.17, 15) is 14.0 Å². The van der Waals surface area contributed by atoms with Gasteiger partial charge >= 0.3 is 0 Å². The number of carbonyl (C=O) groups excluding carboxylic acids is 2. The number of aromatic nitrogens is 1. The lowest BCUT2D eigenvalue weighted by molar-refractivity contribution is -0.120. The highest BCUT2D eigenvalue weighted by atomic mass is 32.2. The van der Waals surface area contributed by atoms with Crippen LogP contribution in [0, 0.1) is 5.82 Å². The first-order valence-electron chi connectivity index (χ1n) is 8.96. The van der Waals surface area contributed by atoms with Crippen molar-refractivity contribution in [3.8, 4) is 5.75 Å². The number of hydrogen-bond acceptors (Lipinski definition) is 7. The molecule has 0 bridgehead atoms. The van der Waals surface area contributed by atoms with E-state index in [1.54, 1.807) is 35.6 Å². The fraction of sp³-hybridized carbons (Fsp3) is 0.350. The van der Waals surface area contributed by atoms with Gasteiger partial charge in [0.1, 0.15) is 23.4 Å². The number of carbonyl (C=O) groups is 2. The van der Waals surface area contributed by atoms with Crippen molar-refractivity contribution in [1.29, 1.82) is 0 Å². The summed E-state index contributed by atoms with van der Waals surface area (Å²) in [6.07, 6.45) is 2.93. The predicted octanol–water partition coefficient (Wildman–Crippen LogP) is 3.19. The van der Waals surface area contributed by atoms with E-state index in [4.69, 9.17) is 15.2 Å². The minimum Gasteiger partial charge on any atom is -0.497 e. The van der Waals surface area contributed by atoms with Crippen molar-refractivity contribution in [3.05, 3.63) is 54.1 Å². The number of nitrogens with zero attached hydrogens (tertiary/aromatic N) is 2. The van der Waals surface area contributed by atoms with Gasteiger partial charge in [0.15, 0.2) is 0 Å². The Balaban J connectivity index is 0.000000278. The van der Waals surface area contributed by atoms with Crippen LogP contribution in [0.4, 0.5) is 10.1 Å². The van der Waals surface area contributed by atoms with Crippen molar-refractivity contribution < 1.29 is 23.5 Å². The Morgan fingerprint density at radius 1 is 1.31 bits per heavy atom. The standard InChI is InChI=1S/C13H17N3O3S.C7H7FO/c1-8-3-4-11(19-8)13(18)20-16(2)9-5-6-15-10(7-9)12(14)17;1-9-7-4-2-3-6(8)5-7/h5-8,11H,3-4H2,1-2H3,(H2,14,17);2-5H,1H3. The van der Waals surface area contributed by atoms with Crippen LogP contribution in [0.25, 0.3) is 0 Å². The molecule has 2 atom stereocenters. The van der Waals surface area contributed by atoms with Crippen LogP contribution in [-0.4, -0.2) is 42.4 Å². The van der Waals surface area contributed by atoms with Crippen LogP contribution in [0.15, 0.2) is 42.6 Å². The number of nitrogens with two attached hydrogens (primary N) is 1. The van der Waals surface area contributed by atoms with E-state index in [1.807, 2.05) is 6.92 Å². The smallest absolute Gasteiger partial charge is 0.267 e. The van der Waals surface area contributed by atoms with Gasteiger partial charge in [-0.15, -0.1) is 0 Å². The van der Waals surface area contributed by atoms with Crippen LogP contribution in [0.1, 0.15) is 30.3 Å². The van der Waals surface area contributed by atoms with Gasteiger partial charge in [0.05, 0.1) is 18.9 Å². The van der Waals surface area contributed by atoms with Gasteiger partial charge in [-0.1, -0.05) is 6.07 Å². The van der Waals surface area contributed by atoms with Crippen molar-refractivity contribution in [2.45, 2.75) is 32.0 Å². The summed E-state index contributed by atoms with van der Waals surface area (Å²) in [7, 11) is 3.26. The Morgan fingerprint density at radius 2 is 2.07 bits per heavy atom. The molecule has 156 valence electrons. The van der Waals surface area contributed by atoms with Crippen molar-refractivity contribution >= 4 is 28.7 Å². The molecule has 0 spiro atoms. The van der Waals surface area contributed by atoms with Crippen molar-refractivity contribution in [3.63, 3.8) is 0 Å². The summed E-state index contributed by atoms with van der Waals surface area (Å²) >= 11 is 1.06. The number of primary amides is 1. The molecule has 9 heteroatoms. The topological polar surface area (TPSA) is 94.8 Å². The molecule has 1 aliphatic rings. The Morgan fingerprint density at radius 3 is 2.62 bits per heavy atom. The first-order valence-corrected chi connectivity index (χ1v) is 9.74. The maximum Gasteiger partial charge on any atom is 0.267 e. The Hall–Kier alpha value is -2.65. The Kier molecular flexibility index (Phi) is 8.41. The highest BCUT2D eigenvalue weighted by molar-refractivity contribution is 8.14. The Labute approximate surface area is 173 Å². The third-order valence-electron chi connectivity index (χ3n) is 4.11. The zero-order chi connectivity index (χ0) is 21.4. The molecule has 0 aliphatic carbocycles. The lowest BCUT2D eigenvalue weighted by Crippen LogP contribution is -2.22. The van der Waals surface area contributed by atoms with Crippen LogP contribution in [-0.2, 0) is 9.53 Å². The number of rotatable bonds is 5. The second-order valence-electron chi connectivity index (χ2n) is 6.35. The van der Waals surface area contributed by atoms with E-state index < -0.39 is 5.91 Å². The molecule has 29 heavy (non-hydrogen) atoms. The van der Waals surface area contributed by atoms with Gasteiger partial charge < -0.3 is 19.5 Å². The minimum atomic E-state index is -0.593. The maximum absolute atomic E-state index is 12.3. The number of ether oxygens (including phenoxy) is 2. The van der Waals surface area contributed by atoms with E-state index in [1.165, 1.54) is 25.4 Å². The molecule has 1 fully saturated rings. The zero-order valence-electron chi connectivity index (χ0n) is 16.5. The molecule has 2 aromatic rings. The highest BCUT2D eigenvalue weighted by Crippen LogP contribution is 2.27. The number of methoxy groups -OCH3 is 1. The van der Waals surface area contributed by atoms with Crippen molar-refractivity contribution in [1.82, 2.24) is 4.98 Å². The van der Waals surface area contributed by atoms with Crippen molar-refractivity contribution in [2.24, 2.45) is 5.73 Å². The fourth-order valence-corrected chi connectivity index (χ4v) is 3.35. The number of amides is 1. The average Bonchev–Trinajstić information content (AvgIpc) is 3.15. The number of hydrogen-bond donors (Lipinski definition) is 1. The molecule has 7 nitrogen and oxygen atoms in total. The molecule has 1 aromatic heterocycles. The summed E-state index contributed by atoms with van der Waals surface area (Å²) < 4.78 is 24.3. The minimum absolute atomic E-state index is 0.0331. The normalized spacial score (nSPS) is 17.8. The number of pyridine rings is 1. The van der Waals surface area contributed by atoms with Gasteiger partial charge in [-0.25, -0.2) is 4.39 Å². The quantitative estimate of drug-likeness (QED) is 0.741. The molecule has 2 unspecified atom stereocenters. The summed E-state index contributed by atoms with van der Waals surface area (Å²) in [5.74, 6) is -0.311. The van der Waals surface area contributed by atoms with Crippen LogP contribution in [0.2, 0.25) is 0 Å². The van der Waals surface area contributed by atoms with Crippen LogP contribution in [0.3, 0.4) is 0 Å². The molecule has 1 aromatic carbocycles. The Bertz CT molecular complexity index is 852. The monoisotopic (exact) mass is 421 g/mol. The van der Waals surface area contributed by atoms with E-state index in [0.29, 0.717) is 11.4 Å². The summed E-state index contributed by atoms with van der Waals surface area (Å²) in [6.45, 7) is 1.96. The van der Waals surface area contributed by atoms with Gasteiger partial charge in [0.2, 0.25) is 5.12 Å². The van der Waals surface area contributed by atoms with E-state index in [2.05, 4.69) is 4.98 Å². The second kappa shape index (κ2) is 10.8. The van der Waals surface area contributed by atoms with Gasteiger partial charge in [-0.05, 0) is 44.0 Å². The van der Waals surface area contributed by atoms with E-state index in [-0.39, 0.29) is 28.8 Å². The van der Waals surface area contributed by atoms with Gasteiger partial charge in [0, 0.05) is 31.3 Å². The molecule has 2 heterocycles. The van der Waals surface area contributed by atoms with Crippen LogP contribution >= 0.6 is 11.9 Å². The molecule has 1 amide bonds. The predicted molar refractivity (Wildman–Crippen MR) is 110 cm³/mol. The zero-order valence-corrected chi connectivity index (χ0v) is 17.3. The molecule has 1 aliphatic heterocycles. The summed E-state index contributed by atoms with van der Waals surface area (Å²) in [6, 6.07) is 9.28. The first-order chi connectivity index (χ1) is 13.8. The lowest BCUT2D eigenvalue weighted by Gasteiger charge is -2.19. The summed E-state index contributed by atoms with van der Waals surface area (Å²) in [5, 5.41) is -0.0331. The lowest BCUT2D eigenvalue weighted by atomic mass is 10.2. The van der Waals surface area contributed by atoms with Gasteiger partial charge in [-0.2, -0.15) is 0 Å². The molecule has 3 rings (SSSR count). The molecule has 0 saturated carbocycles. The number of halogens is 1. The molecule has 2 N–H and O–H groups in total. The largest absolute Gasteiger partial charge is 0.497 e. The third-order valence-corrected chi connectivity index (χ3v) is 5.04.